The van der Waals surface area contributed by atoms with Crippen LogP contribution in [0.15, 0.2) is 49.2 Å². The fourth-order valence-corrected chi connectivity index (χ4v) is 2.08. The van der Waals surface area contributed by atoms with Gasteiger partial charge in [-0.25, -0.2) is 9.67 Å². The molecule has 3 rings (SSSR count). The van der Waals surface area contributed by atoms with E-state index in [-0.39, 0.29) is 0 Å². The SMILES string of the molecule is COc1cc(-c2cnn(-c3cnccn3)c2)ccc1C(N)=O. The lowest BCUT2D eigenvalue weighted by atomic mass is 10.1. The molecule has 22 heavy (non-hydrogen) atoms. The van der Waals surface area contributed by atoms with Crippen LogP contribution in [0.25, 0.3) is 16.9 Å². The van der Waals surface area contributed by atoms with Crippen molar-refractivity contribution < 1.29 is 9.53 Å². The number of rotatable bonds is 4. The molecule has 0 atom stereocenters. The Morgan fingerprint density at radius 3 is 2.77 bits per heavy atom. The van der Waals surface area contributed by atoms with Gasteiger partial charge in [0, 0.05) is 24.2 Å². The Hall–Kier alpha value is -3.22. The number of nitrogens with two attached hydrogens (primary N) is 1. The van der Waals surface area contributed by atoms with Crippen molar-refractivity contribution in [3.63, 3.8) is 0 Å². The van der Waals surface area contributed by atoms with Crippen molar-refractivity contribution in [1.82, 2.24) is 19.7 Å². The maximum atomic E-state index is 11.3. The van der Waals surface area contributed by atoms with Gasteiger partial charge in [0.15, 0.2) is 5.82 Å². The van der Waals surface area contributed by atoms with E-state index in [0.717, 1.165) is 11.1 Å². The topological polar surface area (TPSA) is 95.9 Å². The minimum Gasteiger partial charge on any atom is -0.496 e. The van der Waals surface area contributed by atoms with E-state index < -0.39 is 5.91 Å². The molecule has 7 heteroatoms. The molecule has 0 unspecified atom stereocenters. The Balaban J connectivity index is 1.99. The van der Waals surface area contributed by atoms with Crippen LogP contribution in [0.5, 0.6) is 5.75 Å². The Kier molecular flexibility index (Phi) is 3.53. The monoisotopic (exact) mass is 295 g/mol. The predicted molar refractivity (Wildman–Crippen MR) is 79.7 cm³/mol. The highest BCUT2D eigenvalue weighted by molar-refractivity contribution is 5.96. The zero-order chi connectivity index (χ0) is 15.5. The molecule has 110 valence electrons. The lowest BCUT2D eigenvalue weighted by molar-refractivity contribution is 0.0997. The molecule has 0 radical (unpaired) electrons. The molecule has 0 aliphatic heterocycles. The highest BCUT2D eigenvalue weighted by Gasteiger charge is 2.11. The van der Waals surface area contributed by atoms with Gasteiger partial charge in [0.05, 0.1) is 25.1 Å². The predicted octanol–water partition coefficient (Wildman–Crippen LogP) is 1.44. The Bertz CT molecular complexity index is 814. The number of aromatic nitrogens is 4. The van der Waals surface area contributed by atoms with Gasteiger partial charge in [0.2, 0.25) is 0 Å². The number of methoxy groups -OCH3 is 1. The maximum Gasteiger partial charge on any atom is 0.252 e. The summed E-state index contributed by atoms with van der Waals surface area (Å²) in [5.41, 5.74) is 7.37. The standard InChI is InChI=1S/C15H13N5O2/c1-22-13-6-10(2-3-12(13)15(16)21)11-7-19-20(9-11)14-8-17-4-5-18-14/h2-9H,1H3,(H2,16,21). The van der Waals surface area contributed by atoms with Crippen molar-refractivity contribution >= 4 is 5.91 Å². The summed E-state index contributed by atoms with van der Waals surface area (Å²) in [4.78, 5) is 19.5. The Labute approximate surface area is 126 Å². The van der Waals surface area contributed by atoms with E-state index in [0.29, 0.717) is 17.1 Å². The number of benzene rings is 1. The quantitative estimate of drug-likeness (QED) is 0.785. The molecule has 1 amide bonds. The van der Waals surface area contributed by atoms with Crippen LogP contribution >= 0.6 is 0 Å². The van der Waals surface area contributed by atoms with Crippen molar-refractivity contribution in [3.05, 3.63) is 54.7 Å². The zero-order valence-electron chi connectivity index (χ0n) is 11.8. The molecule has 2 N–H and O–H groups in total. The second-order valence-corrected chi connectivity index (χ2v) is 4.52. The van der Waals surface area contributed by atoms with E-state index in [2.05, 4.69) is 15.1 Å². The first-order valence-corrected chi connectivity index (χ1v) is 6.48. The van der Waals surface area contributed by atoms with Crippen LogP contribution in [0.3, 0.4) is 0 Å². The van der Waals surface area contributed by atoms with Gasteiger partial charge in [-0.05, 0) is 17.7 Å². The number of ether oxygens (including phenoxy) is 1. The largest absolute Gasteiger partial charge is 0.496 e. The third-order valence-corrected chi connectivity index (χ3v) is 3.17. The molecule has 0 aliphatic carbocycles. The molecule has 1 aromatic carbocycles. The first kappa shape index (κ1) is 13.7. The first-order valence-electron chi connectivity index (χ1n) is 6.48. The van der Waals surface area contributed by atoms with Gasteiger partial charge in [-0.2, -0.15) is 5.10 Å². The van der Waals surface area contributed by atoms with Crippen LogP contribution in [-0.4, -0.2) is 32.8 Å². The summed E-state index contributed by atoms with van der Waals surface area (Å²) in [6, 6.07) is 5.18. The van der Waals surface area contributed by atoms with E-state index in [1.807, 2.05) is 6.20 Å². The smallest absolute Gasteiger partial charge is 0.252 e. The van der Waals surface area contributed by atoms with Crippen LogP contribution in [-0.2, 0) is 0 Å². The van der Waals surface area contributed by atoms with E-state index in [1.54, 1.807) is 47.7 Å². The molecule has 0 aliphatic rings. The van der Waals surface area contributed by atoms with Crippen LogP contribution in [0.1, 0.15) is 10.4 Å². The second-order valence-electron chi connectivity index (χ2n) is 4.52. The number of amides is 1. The van der Waals surface area contributed by atoms with Crippen LogP contribution in [0.2, 0.25) is 0 Å². The molecular formula is C15H13N5O2. The Morgan fingerprint density at radius 2 is 2.09 bits per heavy atom. The lowest BCUT2D eigenvalue weighted by Gasteiger charge is -2.07. The molecule has 0 saturated heterocycles. The summed E-state index contributed by atoms with van der Waals surface area (Å²) in [6.07, 6.45) is 8.34. The highest BCUT2D eigenvalue weighted by Crippen LogP contribution is 2.27. The van der Waals surface area contributed by atoms with Crippen LogP contribution in [0.4, 0.5) is 0 Å². The van der Waals surface area contributed by atoms with Gasteiger partial charge in [-0.1, -0.05) is 6.07 Å². The van der Waals surface area contributed by atoms with Crippen LogP contribution < -0.4 is 10.5 Å². The summed E-state index contributed by atoms with van der Waals surface area (Å²) in [5, 5.41) is 4.26. The number of carbonyl (C=O) groups excluding carboxylic acids is 1. The van der Waals surface area contributed by atoms with Gasteiger partial charge < -0.3 is 10.5 Å². The normalized spacial score (nSPS) is 10.4. The highest BCUT2D eigenvalue weighted by atomic mass is 16.5. The van der Waals surface area contributed by atoms with E-state index >= 15 is 0 Å². The molecule has 0 saturated carbocycles. The molecule has 0 spiro atoms. The average Bonchev–Trinajstić information content (AvgIpc) is 3.05. The van der Waals surface area contributed by atoms with Gasteiger partial charge in [-0.3, -0.25) is 9.78 Å². The third-order valence-electron chi connectivity index (χ3n) is 3.17. The van der Waals surface area contributed by atoms with Crippen LogP contribution in [0, 0.1) is 0 Å². The average molecular weight is 295 g/mol. The summed E-state index contributed by atoms with van der Waals surface area (Å²) in [6.45, 7) is 0. The maximum absolute atomic E-state index is 11.3. The van der Waals surface area contributed by atoms with Gasteiger partial charge >= 0.3 is 0 Å². The lowest BCUT2D eigenvalue weighted by Crippen LogP contribution is -2.12. The first-order chi connectivity index (χ1) is 10.7. The third kappa shape index (κ3) is 2.51. The van der Waals surface area contributed by atoms with Crippen molar-refractivity contribution in [1.29, 1.82) is 0 Å². The summed E-state index contributed by atoms with van der Waals surface area (Å²) in [5.74, 6) is 0.519. The fourth-order valence-electron chi connectivity index (χ4n) is 2.08. The van der Waals surface area contributed by atoms with E-state index in [9.17, 15) is 4.79 Å². The van der Waals surface area contributed by atoms with Gasteiger partial charge in [0.25, 0.3) is 5.91 Å². The zero-order valence-corrected chi connectivity index (χ0v) is 11.8. The molecule has 3 aromatic rings. The summed E-state index contributed by atoms with van der Waals surface area (Å²) < 4.78 is 6.83. The Morgan fingerprint density at radius 1 is 1.23 bits per heavy atom. The molecule has 7 nitrogen and oxygen atoms in total. The molecule has 0 bridgehead atoms. The number of nitrogens with zero attached hydrogens (tertiary/aromatic N) is 4. The number of hydrogen-bond donors (Lipinski definition) is 1. The minimum atomic E-state index is -0.529. The molecule has 2 aromatic heterocycles. The number of primary amides is 1. The molecule has 2 heterocycles. The van der Waals surface area contributed by atoms with Gasteiger partial charge in [0.1, 0.15) is 5.75 Å². The fraction of sp³-hybridized carbons (Fsp3) is 0.0667. The van der Waals surface area contributed by atoms with Crippen molar-refractivity contribution in [3.8, 4) is 22.7 Å². The second kappa shape index (κ2) is 5.65. The number of carbonyl (C=O) groups is 1. The van der Waals surface area contributed by atoms with E-state index in [1.165, 1.54) is 7.11 Å². The minimum absolute atomic E-state index is 0.340. The van der Waals surface area contributed by atoms with E-state index in [4.69, 9.17) is 10.5 Å². The number of hydrogen-bond acceptors (Lipinski definition) is 5. The van der Waals surface area contributed by atoms with Crippen molar-refractivity contribution in [2.24, 2.45) is 5.73 Å². The summed E-state index contributed by atoms with van der Waals surface area (Å²) >= 11 is 0. The molecular weight excluding hydrogens is 282 g/mol. The van der Waals surface area contributed by atoms with Crippen molar-refractivity contribution in [2.75, 3.05) is 7.11 Å². The van der Waals surface area contributed by atoms with Gasteiger partial charge in [-0.15, -0.1) is 0 Å². The summed E-state index contributed by atoms with van der Waals surface area (Å²) in [7, 11) is 1.49. The van der Waals surface area contributed by atoms with Crippen molar-refractivity contribution in [2.45, 2.75) is 0 Å². The molecule has 0 fully saturated rings.